The van der Waals surface area contributed by atoms with Gasteiger partial charge >= 0.3 is 0 Å². The molecule has 1 aliphatic heterocycles. The molecule has 0 aliphatic carbocycles. The molecule has 0 N–H and O–H groups in total. The Labute approximate surface area is 185 Å². The van der Waals surface area contributed by atoms with Gasteiger partial charge in [-0.15, -0.1) is 0 Å². The number of aromatic nitrogens is 2. The van der Waals surface area contributed by atoms with E-state index in [4.69, 9.17) is 32.9 Å². The summed E-state index contributed by atoms with van der Waals surface area (Å²) < 4.78 is 7.19. The molecule has 30 heavy (non-hydrogen) atoms. The van der Waals surface area contributed by atoms with Crippen LogP contribution >= 0.6 is 23.2 Å². The number of benzene rings is 2. The molecule has 0 bridgehead atoms. The van der Waals surface area contributed by atoms with E-state index in [1.54, 1.807) is 24.7 Å². The minimum absolute atomic E-state index is 0.0552. The highest BCUT2D eigenvalue weighted by Crippen LogP contribution is 2.33. The molecule has 0 atom stereocenters. The Morgan fingerprint density at radius 1 is 1.07 bits per heavy atom. The van der Waals surface area contributed by atoms with Crippen molar-refractivity contribution in [3.05, 3.63) is 79.7 Å². The highest BCUT2D eigenvalue weighted by molar-refractivity contribution is 6.35. The molecule has 2 aromatic carbocycles. The van der Waals surface area contributed by atoms with Gasteiger partial charge < -0.3 is 4.74 Å². The van der Waals surface area contributed by atoms with E-state index in [1.165, 1.54) is 0 Å². The number of ether oxygens (including phenoxy) is 1. The van der Waals surface area contributed by atoms with Gasteiger partial charge in [0.2, 0.25) is 5.95 Å². The average Bonchev–Trinajstić information content (AvgIpc) is 2.72. The number of hydrogen-bond donors (Lipinski definition) is 0. The van der Waals surface area contributed by atoms with E-state index < -0.39 is 0 Å². The maximum atomic E-state index is 13.1. The molecule has 2 heterocycles. The maximum absolute atomic E-state index is 13.1. The minimum atomic E-state index is -0.0552. The van der Waals surface area contributed by atoms with E-state index in [0.29, 0.717) is 47.1 Å². The number of rotatable bonds is 4. The Kier molecular flexibility index (Phi) is 5.73. The summed E-state index contributed by atoms with van der Waals surface area (Å²) in [6.07, 6.45) is 0. The van der Waals surface area contributed by atoms with Crippen LogP contribution in [-0.4, -0.2) is 28.2 Å². The van der Waals surface area contributed by atoms with Crippen molar-refractivity contribution in [3.8, 4) is 5.75 Å². The lowest BCUT2D eigenvalue weighted by atomic mass is 10.2. The van der Waals surface area contributed by atoms with E-state index >= 15 is 0 Å². The monoisotopic (exact) mass is 444 g/mol. The predicted molar refractivity (Wildman–Crippen MR) is 120 cm³/mol. The van der Waals surface area contributed by atoms with E-state index in [9.17, 15) is 4.79 Å². The van der Waals surface area contributed by atoms with Crippen LogP contribution < -0.4 is 15.2 Å². The lowest BCUT2D eigenvalue weighted by Gasteiger charge is -2.38. The summed E-state index contributed by atoms with van der Waals surface area (Å²) in [6, 6.07) is 13.2. The smallest absolute Gasteiger partial charge is 0.259 e. The van der Waals surface area contributed by atoms with Gasteiger partial charge in [-0.3, -0.25) is 19.2 Å². The van der Waals surface area contributed by atoms with Crippen molar-refractivity contribution < 1.29 is 4.74 Å². The van der Waals surface area contributed by atoms with Crippen LogP contribution in [0.4, 0.5) is 11.6 Å². The number of halogens is 2. The fourth-order valence-corrected chi connectivity index (χ4v) is 4.16. The maximum Gasteiger partial charge on any atom is 0.259 e. The first-order valence-corrected chi connectivity index (χ1v) is 10.3. The Morgan fingerprint density at radius 3 is 2.47 bits per heavy atom. The molecule has 1 aromatic heterocycles. The Morgan fingerprint density at radius 2 is 1.77 bits per heavy atom. The fraction of sp³-hybridized carbons (Fsp3) is 0.273. The Balaban J connectivity index is 1.80. The zero-order valence-corrected chi connectivity index (χ0v) is 18.5. The molecule has 0 radical (unpaired) electrons. The standard InChI is InChI=1S/C22H22Cl2N4O2/c1-14-15(2)25-22-27(19-9-17(23)8-18(24)10-19)12-26(13-28(22)21(14)29)11-16-6-4-5-7-20(16)30-3/h4-10H,11-13H2,1-3H3. The van der Waals surface area contributed by atoms with Crippen molar-refractivity contribution in [1.29, 1.82) is 0 Å². The third-order valence-electron chi connectivity index (χ3n) is 5.29. The number of anilines is 2. The minimum Gasteiger partial charge on any atom is -0.496 e. The summed E-state index contributed by atoms with van der Waals surface area (Å²) in [5.41, 5.74) is 3.11. The topological polar surface area (TPSA) is 50.6 Å². The summed E-state index contributed by atoms with van der Waals surface area (Å²) in [4.78, 5) is 21.9. The third-order valence-corrected chi connectivity index (χ3v) is 5.72. The normalized spacial score (nSPS) is 14.0. The van der Waals surface area contributed by atoms with Gasteiger partial charge in [0.05, 0.1) is 20.4 Å². The average molecular weight is 445 g/mol. The number of para-hydroxylation sites is 1. The molecule has 0 saturated carbocycles. The van der Waals surface area contributed by atoms with Crippen molar-refractivity contribution in [2.45, 2.75) is 27.1 Å². The molecule has 156 valence electrons. The van der Waals surface area contributed by atoms with E-state index in [2.05, 4.69) is 4.90 Å². The number of fused-ring (bicyclic) bond motifs is 1. The van der Waals surface area contributed by atoms with Crippen LogP contribution in [0.3, 0.4) is 0 Å². The van der Waals surface area contributed by atoms with Crippen molar-refractivity contribution in [3.63, 3.8) is 0 Å². The van der Waals surface area contributed by atoms with Crippen molar-refractivity contribution >= 4 is 34.8 Å². The van der Waals surface area contributed by atoms with Crippen molar-refractivity contribution in [2.24, 2.45) is 0 Å². The molecular formula is C22H22Cl2N4O2. The van der Waals surface area contributed by atoms with Gasteiger partial charge in [0.15, 0.2) is 0 Å². The summed E-state index contributed by atoms with van der Waals surface area (Å²) in [5, 5.41) is 1.05. The molecule has 3 aromatic rings. The van der Waals surface area contributed by atoms with E-state index in [1.807, 2.05) is 48.2 Å². The molecular weight excluding hydrogens is 423 g/mol. The van der Waals surface area contributed by atoms with Crippen LogP contribution in [0.15, 0.2) is 47.3 Å². The van der Waals surface area contributed by atoms with Gasteiger partial charge in [0, 0.05) is 39.1 Å². The zero-order valence-electron chi connectivity index (χ0n) is 17.0. The van der Waals surface area contributed by atoms with Crippen LogP contribution in [-0.2, 0) is 13.2 Å². The van der Waals surface area contributed by atoms with E-state index in [0.717, 1.165) is 17.0 Å². The molecule has 8 heteroatoms. The van der Waals surface area contributed by atoms with Crippen LogP contribution in [0, 0.1) is 13.8 Å². The lowest BCUT2D eigenvalue weighted by Crippen LogP contribution is -2.47. The van der Waals surface area contributed by atoms with Crippen LogP contribution in [0.2, 0.25) is 10.0 Å². The second-order valence-corrected chi connectivity index (χ2v) is 8.21. The Hall–Kier alpha value is -2.54. The SMILES string of the molecule is COc1ccccc1CN1CN(c2cc(Cl)cc(Cl)c2)c2nc(C)c(C)c(=O)n2C1. The van der Waals surface area contributed by atoms with Crippen LogP contribution in [0.25, 0.3) is 0 Å². The van der Waals surface area contributed by atoms with Gasteiger partial charge in [0.1, 0.15) is 5.75 Å². The molecule has 6 nitrogen and oxygen atoms in total. The molecule has 0 amide bonds. The fourth-order valence-electron chi connectivity index (χ4n) is 3.65. The number of aryl methyl sites for hydroxylation is 1. The zero-order chi connectivity index (χ0) is 21.4. The van der Waals surface area contributed by atoms with Gasteiger partial charge in [0.25, 0.3) is 5.56 Å². The van der Waals surface area contributed by atoms with Crippen LogP contribution in [0.1, 0.15) is 16.8 Å². The number of nitrogens with zero attached hydrogens (tertiary/aromatic N) is 4. The summed E-state index contributed by atoms with van der Waals surface area (Å²) >= 11 is 12.5. The van der Waals surface area contributed by atoms with Gasteiger partial charge in [-0.2, -0.15) is 0 Å². The van der Waals surface area contributed by atoms with Crippen molar-refractivity contribution in [1.82, 2.24) is 14.5 Å². The first-order valence-electron chi connectivity index (χ1n) is 9.53. The second kappa shape index (κ2) is 8.30. The van der Waals surface area contributed by atoms with E-state index in [-0.39, 0.29) is 5.56 Å². The lowest BCUT2D eigenvalue weighted by molar-refractivity contribution is 0.187. The van der Waals surface area contributed by atoms with Gasteiger partial charge in [-0.05, 0) is 38.1 Å². The van der Waals surface area contributed by atoms with Gasteiger partial charge in [-0.25, -0.2) is 4.98 Å². The molecule has 0 saturated heterocycles. The molecule has 1 aliphatic rings. The highest BCUT2D eigenvalue weighted by atomic mass is 35.5. The summed E-state index contributed by atoms with van der Waals surface area (Å²) in [7, 11) is 1.66. The molecule has 0 fully saturated rings. The molecule has 0 unspecified atom stereocenters. The van der Waals surface area contributed by atoms with Crippen molar-refractivity contribution in [2.75, 3.05) is 18.7 Å². The number of methoxy groups -OCH3 is 1. The Bertz CT molecular complexity index is 1140. The predicted octanol–water partition coefficient (Wildman–Crippen LogP) is 4.74. The summed E-state index contributed by atoms with van der Waals surface area (Å²) in [6.45, 7) is 5.20. The first kappa shape index (κ1) is 20.7. The molecule has 4 rings (SSSR count). The van der Waals surface area contributed by atoms with Crippen LogP contribution in [0.5, 0.6) is 5.75 Å². The van der Waals surface area contributed by atoms with Gasteiger partial charge in [-0.1, -0.05) is 41.4 Å². The molecule has 0 spiro atoms. The quantitative estimate of drug-likeness (QED) is 0.581. The second-order valence-electron chi connectivity index (χ2n) is 7.33. The summed E-state index contributed by atoms with van der Waals surface area (Å²) in [5.74, 6) is 1.39. The highest BCUT2D eigenvalue weighted by Gasteiger charge is 2.28. The third kappa shape index (κ3) is 3.90. The largest absolute Gasteiger partial charge is 0.496 e. The first-order chi connectivity index (χ1) is 14.4. The number of hydrogen-bond acceptors (Lipinski definition) is 5.